The Hall–Kier alpha value is -0.860. The molecule has 1 saturated heterocycles. The van der Waals surface area contributed by atoms with E-state index in [4.69, 9.17) is 0 Å². The van der Waals surface area contributed by atoms with Crippen molar-refractivity contribution < 1.29 is 5.11 Å². The molecule has 1 N–H and O–H groups in total. The summed E-state index contributed by atoms with van der Waals surface area (Å²) in [7, 11) is 0. The third kappa shape index (κ3) is 3.58. The Morgan fingerprint density at radius 1 is 1.05 bits per heavy atom. The summed E-state index contributed by atoms with van der Waals surface area (Å²) in [5.41, 5.74) is 1.03. The minimum absolute atomic E-state index is 0.204. The molecular formula is C17H27NO. The van der Waals surface area contributed by atoms with Crippen LogP contribution in [0.1, 0.15) is 45.3 Å². The minimum atomic E-state index is -0.378. The Morgan fingerprint density at radius 2 is 1.63 bits per heavy atom. The van der Waals surface area contributed by atoms with Gasteiger partial charge in [0.1, 0.15) is 0 Å². The summed E-state index contributed by atoms with van der Waals surface area (Å²) in [6.45, 7) is 9.03. The molecule has 2 heteroatoms. The number of aliphatic hydroxyl groups excluding tert-OH is 1. The van der Waals surface area contributed by atoms with Crippen LogP contribution in [0.4, 0.5) is 0 Å². The molecule has 106 valence electrons. The fourth-order valence-electron chi connectivity index (χ4n) is 3.12. The highest BCUT2D eigenvalue weighted by Crippen LogP contribution is 2.28. The standard InChI is InChI=1S/C17H27NO/c1-13(2)15-9-11-18(12-10-15)14(3)17(19)16-7-5-4-6-8-16/h4-8,13-15,17,19H,9-12H2,1-3H3. The number of nitrogens with zero attached hydrogens (tertiary/aromatic N) is 1. The lowest BCUT2D eigenvalue weighted by Gasteiger charge is -2.39. The maximum absolute atomic E-state index is 10.5. The van der Waals surface area contributed by atoms with Gasteiger partial charge in [-0.05, 0) is 50.3 Å². The molecule has 0 aromatic heterocycles. The molecule has 0 spiro atoms. The van der Waals surface area contributed by atoms with Gasteiger partial charge in [-0.2, -0.15) is 0 Å². The van der Waals surface area contributed by atoms with E-state index in [0.29, 0.717) is 0 Å². The molecule has 19 heavy (non-hydrogen) atoms. The van der Waals surface area contributed by atoms with Gasteiger partial charge in [0, 0.05) is 6.04 Å². The number of hydrogen-bond acceptors (Lipinski definition) is 2. The van der Waals surface area contributed by atoms with Crippen LogP contribution in [0.5, 0.6) is 0 Å². The summed E-state index contributed by atoms with van der Waals surface area (Å²) >= 11 is 0. The van der Waals surface area contributed by atoms with Gasteiger partial charge in [-0.3, -0.25) is 4.90 Å². The summed E-state index contributed by atoms with van der Waals surface area (Å²) in [6, 6.07) is 10.2. The fraction of sp³-hybridized carbons (Fsp3) is 0.647. The van der Waals surface area contributed by atoms with Crippen LogP contribution in [0, 0.1) is 11.8 Å². The molecule has 1 heterocycles. The van der Waals surface area contributed by atoms with Gasteiger partial charge < -0.3 is 5.11 Å². The van der Waals surface area contributed by atoms with Crippen molar-refractivity contribution in [3.05, 3.63) is 35.9 Å². The maximum Gasteiger partial charge on any atom is 0.0942 e. The second-order valence-corrected chi connectivity index (χ2v) is 6.21. The van der Waals surface area contributed by atoms with E-state index in [-0.39, 0.29) is 12.1 Å². The predicted molar refractivity (Wildman–Crippen MR) is 80.0 cm³/mol. The highest BCUT2D eigenvalue weighted by molar-refractivity contribution is 5.18. The Bertz CT molecular complexity index is 368. The van der Waals surface area contributed by atoms with Gasteiger partial charge in [-0.1, -0.05) is 44.2 Å². The highest BCUT2D eigenvalue weighted by atomic mass is 16.3. The molecule has 1 aliphatic rings. The van der Waals surface area contributed by atoms with Gasteiger partial charge in [0.2, 0.25) is 0 Å². The first kappa shape index (κ1) is 14.5. The first-order valence-corrected chi connectivity index (χ1v) is 7.56. The van der Waals surface area contributed by atoms with E-state index in [2.05, 4.69) is 25.7 Å². The molecule has 2 unspecified atom stereocenters. The molecule has 1 fully saturated rings. The van der Waals surface area contributed by atoms with Crippen LogP contribution in [0.2, 0.25) is 0 Å². The average molecular weight is 261 g/mol. The van der Waals surface area contributed by atoms with Crippen molar-refractivity contribution >= 4 is 0 Å². The average Bonchev–Trinajstić information content (AvgIpc) is 2.46. The summed E-state index contributed by atoms with van der Waals surface area (Å²) < 4.78 is 0. The first-order chi connectivity index (χ1) is 9.09. The first-order valence-electron chi connectivity index (χ1n) is 7.56. The molecule has 1 aliphatic heterocycles. The van der Waals surface area contributed by atoms with Crippen molar-refractivity contribution in [3.63, 3.8) is 0 Å². The summed E-state index contributed by atoms with van der Waals surface area (Å²) in [6.07, 6.45) is 2.16. The highest BCUT2D eigenvalue weighted by Gasteiger charge is 2.28. The molecule has 0 radical (unpaired) electrons. The zero-order valence-corrected chi connectivity index (χ0v) is 12.4. The number of rotatable bonds is 4. The molecule has 1 aromatic rings. The smallest absolute Gasteiger partial charge is 0.0942 e. The van der Waals surface area contributed by atoms with Crippen molar-refractivity contribution in [1.82, 2.24) is 4.90 Å². The summed E-state index contributed by atoms with van der Waals surface area (Å²) in [5, 5.41) is 10.5. The molecular weight excluding hydrogens is 234 g/mol. The SMILES string of the molecule is CC(C)C1CCN(C(C)C(O)c2ccccc2)CC1. The Labute approximate surface area is 117 Å². The second kappa shape index (κ2) is 6.53. The van der Waals surface area contributed by atoms with E-state index in [1.54, 1.807) is 0 Å². The summed E-state index contributed by atoms with van der Waals surface area (Å²) in [4.78, 5) is 2.44. The topological polar surface area (TPSA) is 23.5 Å². The number of likely N-dealkylation sites (tertiary alicyclic amines) is 1. The molecule has 2 atom stereocenters. The van der Waals surface area contributed by atoms with E-state index in [0.717, 1.165) is 30.5 Å². The predicted octanol–water partition coefficient (Wildman–Crippen LogP) is 3.48. The third-order valence-corrected chi connectivity index (χ3v) is 4.69. The van der Waals surface area contributed by atoms with E-state index < -0.39 is 0 Å². The Kier molecular flexibility index (Phi) is 5.00. The zero-order chi connectivity index (χ0) is 13.8. The largest absolute Gasteiger partial charge is 0.387 e. The number of piperidine rings is 1. The van der Waals surface area contributed by atoms with Crippen LogP contribution in [-0.2, 0) is 0 Å². The quantitative estimate of drug-likeness (QED) is 0.897. The van der Waals surface area contributed by atoms with Gasteiger partial charge in [0.05, 0.1) is 6.10 Å². The van der Waals surface area contributed by atoms with Gasteiger partial charge in [0.25, 0.3) is 0 Å². The Balaban J connectivity index is 1.92. The van der Waals surface area contributed by atoms with Gasteiger partial charge in [-0.25, -0.2) is 0 Å². The van der Waals surface area contributed by atoms with Crippen molar-refractivity contribution in [3.8, 4) is 0 Å². The maximum atomic E-state index is 10.5. The molecule has 0 aliphatic carbocycles. The minimum Gasteiger partial charge on any atom is -0.387 e. The molecule has 0 bridgehead atoms. The fourth-order valence-corrected chi connectivity index (χ4v) is 3.12. The molecule has 2 rings (SSSR count). The number of aliphatic hydroxyl groups is 1. The second-order valence-electron chi connectivity index (χ2n) is 6.21. The lowest BCUT2D eigenvalue weighted by atomic mass is 9.86. The number of benzene rings is 1. The molecule has 1 aromatic carbocycles. The van der Waals surface area contributed by atoms with Crippen molar-refractivity contribution in [2.24, 2.45) is 11.8 Å². The normalized spacial score (nSPS) is 21.5. The third-order valence-electron chi connectivity index (χ3n) is 4.69. The van der Waals surface area contributed by atoms with E-state index in [1.807, 2.05) is 30.3 Å². The van der Waals surface area contributed by atoms with Crippen LogP contribution < -0.4 is 0 Å². The van der Waals surface area contributed by atoms with Crippen molar-refractivity contribution in [1.29, 1.82) is 0 Å². The number of hydrogen-bond donors (Lipinski definition) is 1. The van der Waals surface area contributed by atoms with Crippen LogP contribution in [0.15, 0.2) is 30.3 Å². The van der Waals surface area contributed by atoms with Crippen molar-refractivity contribution in [2.45, 2.75) is 45.8 Å². The summed E-state index contributed by atoms with van der Waals surface area (Å²) in [5.74, 6) is 1.65. The van der Waals surface area contributed by atoms with Crippen LogP contribution in [-0.4, -0.2) is 29.1 Å². The lowest BCUT2D eigenvalue weighted by Crippen LogP contribution is -2.43. The van der Waals surface area contributed by atoms with Crippen molar-refractivity contribution in [2.75, 3.05) is 13.1 Å². The van der Waals surface area contributed by atoms with Crippen LogP contribution in [0.3, 0.4) is 0 Å². The van der Waals surface area contributed by atoms with E-state index in [9.17, 15) is 5.11 Å². The van der Waals surface area contributed by atoms with E-state index in [1.165, 1.54) is 12.8 Å². The molecule has 0 saturated carbocycles. The van der Waals surface area contributed by atoms with E-state index >= 15 is 0 Å². The van der Waals surface area contributed by atoms with Gasteiger partial charge in [-0.15, -0.1) is 0 Å². The molecule has 0 amide bonds. The monoisotopic (exact) mass is 261 g/mol. The molecule has 2 nitrogen and oxygen atoms in total. The zero-order valence-electron chi connectivity index (χ0n) is 12.4. The van der Waals surface area contributed by atoms with Gasteiger partial charge >= 0.3 is 0 Å². The lowest BCUT2D eigenvalue weighted by molar-refractivity contribution is 0.0322. The Morgan fingerprint density at radius 3 is 2.16 bits per heavy atom. The van der Waals surface area contributed by atoms with Crippen LogP contribution in [0.25, 0.3) is 0 Å². The van der Waals surface area contributed by atoms with Crippen LogP contribution >= 0.6 is 0 Å². The van der Waals surface area contributed by atoms with Gasteiger partial charge in [0.15, 0.2) is 0 Å².